The molecule has 2 heterocycles. The highest BCUT2D eigenvalue weighted by molar-refractivity contribution is 6.02. The van der Waals surface area contributed by atoms with E-state index in [4.69, 9.17) is 0 Å². The molecule has 0 spiro atoms. The molecule has 9 heteroatoms. The molecule has 0 amide bonds. The lowest BCUT2D eigenvalue weighted by molar-refractivity contribution is -0.0592. The number of aliphatic imine (C=N–C) groups is 2. The van der Waals surface area contributed by atoms with Gasteiger partial charge in [-0.15, -0.1) is 0 Å². The van der Waals surface area contributed by atoms with Gasteiger partial charge in [-0.2, -0.15) is 13.2 Å². The van der Waals surface area contributed by atoms with Crippen LogP contribution < -0.4 is 5.69 Å². The summed E-state index contributed by atoms with van der Waals surface area (Å²) in [5, 5.41) is 0. The smallest absolute Gasteiger partial charge is 0.373 e. The molecule has 1 N–H and O–H groups in total. The number of likely N-dealkylation sites (tertiary alicyclic amines) is 1. The first-order valence-corrected chi connectivity index (χ1v) is 13.9. The summed E-state index contributed by atoms with van der Waals surface area (Å²) in [5.74, 6) is 0. The van der Waals surface area contributed by atoms with Crippen LogP contribution in [0.2, 0.25) is 0 Å². The summed E-state index contributed by atoms with van der Waals surface area (Å²) in [6.45, 7) is 17.8. The minimum Gasteiger partial charge on any atom is -0.373 e. The maximum Gasteiger partial charge on any atom is 0.429 e. The van der Waals surface area contributed by atoms with Gasteiger partial charge in [0.15, 0.2) is 0 Å². The Morgan fingerprint density at radius 3 is 2.15 bits per heavy atom. The third-order valence-electron chi connectivity index (χ3n) is 6.34. The molecule has 0 bridgehead atoms. The van der Waals surface area contributed by atoms with Crippen molar-refractivity contribution in [3.05, 3.63) is 57.9 Å². The van der Waals surface area contributed by atoms with Crippen LogP contribution in [0.3, 0.4) is 0 Å². The van der Waals surface area contributed by atoms with Crippen molar-refractivity contribution in [3.8, 4) is 0 Å². The molecular weight excluding hydrogens is 503 g/mol. The molecule has 0 saturated carbocycles. The first kappa shape index (κ1) is 33.9. The highest BCUT2D eigenvalue weighted by Gasteiger charge is 2.33. The number of hydrogen-bond acceptors (Lipinski definition) is 4. The number of benzene rings is 1. The highest BCUT2D eigenvalue weighted by atomic mass is 19.4. The predicted molar refractivity (Wildman–Crippen MR) is 159 cm³/mol. The van der Waals surface area contributed by atoms with Crippen LogP contribution in [0, 0.1) is 0 Å². The molecule has 39 heavy (non-hydrogen) atoms. The number of aromatic nitrogens is 2. The Morgan fingerprint density at radius 1 is 1.05 bits per heavy atom. The number of fused-ring (bicyclic) bond motifs is 1. The van der Waals surface area contributed by atoms with Crippen LogP contribution in [0.15, 0.2) is 62.2 Å². The number of nitrogens with zero attached hydrogens (tertiary/aromatic N) is 4. The Kier molecular flexibility index (Phi) is 14.0. The number of allylic oxidation sites excluding steroid dienone is 3. The second-order valence-electron chi connectivity index (χ2n) is 9.42. The van der Waals surface area contributed by atoms with Gasteiger partial charge in [0.25, 0.3) is 0 Å². The van der Waals surface area contributed by atoms with E-state index in [9.17, 15) is 18.0 Å². The van der Waals surface area contributed by atoms with Crippen LogP contribution in [0.1, 0.15) is 94.0 Å². The summed E-state index contributed by atoms with van der Waals surface area (Å²) in [7, 11) is 0. The van der Waals surface area contributed by atoms with Gasteiger partial charge in [-0.05, 0) is 59.1 Å². The fourth-order valence-electron chi connectivity index (χ4n) is 4.06. The van der Waals surface area contributed by atoms with Gasteiger partial charge in [-0.25, -0.2) is 9.79 Å². The zero-order chi connectivity index (χ0) is 29.8. The van der Waals surface area contributed by atoms with E-state index < -0.39 is 11.9 Å². The van der Waals surface area contributed by atoms with E-state index in [2.05, 4.69) is 28.8 Å². The first-order valence-electron chi connectivity index (χ1n) is 13.9. The fourth-order valence-corrected chi connectivity index (χ4v) is 4.06. The first-order chi connectivity index (χ1) is 18.4. The van der Waals surface area contributed by atoms with Crippen LogP contribution in [0.25, 0.3) is 11.0 Å². The molecule has 0 aliphatic carbocycles. The molecule has 3 rings (SSSR count). The zero-order valence-corrected chi connectivity index (χ0v) is 25.0. The zero-order valence-electron chi connectivity index (χ0n) is 25.0. The van der Waals surface area contributed by atoms with E-state index in [-0.39, 0.29) is 17.4 Å². The van der Waals surface area contributed by atoms with Crippen molar-refractivity contribution >= 4 is 22.5 Å². The van der Waals surface area contributed by atoms with Gasteiger partial charge in [0.2, 0.25) is 0 Å². The standard InChI is InChI=1S/C25H32F3N5O.C3H8.C2H6/c1-6-16(2)15-29-17(3)23(30-19(5)25(26,27)28)18(4)32-13-11-20(12-14-32)33-22-10-8-7-9-21(22)31-24(33)34;1-3-2;1-2/h7-10,15,20H,6,11-14H2,1-5H3,(H,31,34);3H2,1-2H3;1-2H3/b16-15+,23-18-,29-17+,30-19?;;. The number of H-pyrrole nitrogens is 1. The minimum atomic E-state index is -4.51. The molecule has 1 aliphatic heterocycles. The van der Waals surface area contributed by atoms with Crippen molar-refractivity contribution in [2.45, 2.75) is 100 Å². The Bertz CT molecular complexity index is 1220. The van der Waals surface area contributed by atoms with Crippen LogP contribution in [-0.2, 0) is 0 Å². The van der Waals surface area contributed by atoms with E-state index >= 15 is 0 Å². The number of rotatable bonds is 6. The van der Waals surface area contributed by atoms with E-state index in [0.29, 0.717) is 37.3 Å². The molecule has 6 nitrogen and oxygen atoms in total. The van der Waals surface area contributed by atoms with E-state index in [1.807, 2.05) is 56.9 Å². The lowest BCUT2D eigenvalue weighted by Crippen LogP contribution is -2.36. The third-order valence-corrected chi connectivity index (χ3v) is 6.34. The van der Waals surface area contributed by atoms with Crippen molar-refractivity contribution < 1.29 is 13.2 Å². The van der Waals surface area contributed by atoms with E-state index in [1.165, 1.54) is 6.42 Å². The number of hydrogen-bond donors (Lipinski definition) is 1. The maximum absolute atomic E-state index is 13.3. The summed E-state index contributed by atoms with van der Waals surface area (Å²) in [6.07, 6.45) is 0.611. The van der Waals surface area contributed by atoms with Gasteiger partial charge >= 0.3 is 11.9 Å². The Hall–Kier alpha value is -3.10. The topological polar surface area (TPSA) is 65.8 Å². The molecule has 0 atom stereocenters. The van der Waals surface area contributed by atoms with Crippen molar-refractivity contribution in [2.75, 3.05) is 13.1 Å². The minimum absolute atomic E-state index is 0.0152. The molecule has 1 aromatic carbocycles. The number of nitrogens with one attached hydrogen (secondary N) is 1. The molecular formula is C30H46F3N5O. The largest absolute Gasteiger partial charge is 0.429 e. The van der Waals surface area contributed by atoms with Crippen LogP contribution >= 0.6 is 0 Å². The number of aromatic amines is 1. The monoisotopic (exact) mass is 549 g/mol. The summed E-state index contributed by atoms with van der Waals surface area (Å²) in [4.78, 5) is 25.8. The number of alkyl halides is 3. The van der Waals surface area contributed by atoms with Gasteiger partial charge in [-0.1, -0.05) is 58.7 Å². The summed E-state index contributed by atoms with van der Waals surface area (Å²) < 4.78 is 41.6. The Morgan fingerprint density at radius 2 is 1.62 bits per heavy atom. The molecule has 1 aliphatic rings. The van der Waals surface area contributed by atoms with Crippen LogP contribution in [0.5, 0.6) is 0 Å². The summed E-state index contributed by atoms with van der Waals surface area (Å²) in [5.41, 5.74) is 2.96. The lowest BCUT2D eigenvalue weighted by atomic mass is 10.0. The van der Waals surface area contributed by atoms with Crippen molar-refractivity contribution in [2.24, 2.45) is 9.98 Å². The van der Waals surface area contributed by atoms with Gasteiger partial charge in [0, 0.05) is 31.0 Å². The Labute approximate surface area is 231 Å². The third kappa shape index (κ3) is 9.55. The average molecular weight is 550 g/mol. The average Bonchev–Trinajstić information content (AvgIpc) is 3.26. The number of para-hydroxylation sites is 2. The normalized spacial score (nSPS) is 16.3. The van der Waals surface area contributed by atoms with Crippen molar-refractivity contribution in [1.82, 2.24) is 14.5 Å². The number of piperidine rings is 1. The van der Waals surface area contributed by atoms with Crippen molar-refractivity contribution in [3.63, 3.8) is 0 Å². The number of halogens is 3. The van der Waals surface area contributed by atoms with Gasteiger partial charge in [-0.3, -0.25) is 9.56 Å². The van der Waals surface area contributed by atoms with Gasteiger partial charge in [0.1, 0.15) is 11.4 Å². The second-order valence-corrected chi connectivity index (χ2v) is 9.42. The molecule has 1 fully saturated rings. The second kappa shape index (κ2) is 16.1. The molecule has 2 aromatic rings. The van der Waals surface area contributed by atoms with E-state index in [1.54, 1.807) is 24.6 Å². The van der Waals surface area contributed by atoms with Crippen molar-refractivity contribution in [1.29, 1.82) is 0 Å². The highest BCUT2D eigenvalue weighted by Crippen LogP contribution is 2.28. The molecule has 1 saturated heterocycles. The summed E-state index contributed by atoms with van der Waals surface area (Å²) >= 11 is 0. The van der Waals surface area contributed by atoms with Crippen LogP contribution in [-0.4, -0.2) is 45.1 Å². The quantitative estimate of drug-likeness (QED) is 0.368. The predicted octanol–water partition coefficient (Wildman–Crippen LogP) is 8.44. The van der Waals surface area contributed by atoms with Crippen LogP contribution in [0.4, 0.5) is 13.2 Å². The maximum atomic E-state index is 13.3. The Balaban J connectivity index is 0.00000142. The molecule has 218 valence electrons. The van der Waals surface area contributed by atoms with E-state index in [0.717, 1.165) is 30.0 Å². The molecule has 0 unspecified atom stereocenters. The molecule has 1 aromatic heterocycles. The van der Waals surface area contributed by atoms with Gasteiger partial charge < -0.3 is 9.88 Å². The molecule has 0 radical (unpaired) electrons. The summed E-state index contributed by atoms with van der Waals surface area (Å²) in [6, 6.07) is 7.59. The fraction of sp³-hybridized carbons (Fsp3) is 0.567. The van der Waals surface area contributed by atoms with Gasteiger partial charge in [0.05, 0.1) is 16.7 Å². The number of imidazole rings is 1. The SMILES string of the molecule is CC.CC/C(C)=C/N=C(C)/C(N=C(C)C(F)(F)F)=C(\C)N1CCC(n2c(=O)[nH]c3ccccc32)CC1.CCC. The lowest BCUT2D eigenvalue weighted by Gasteiger charge is -2.35.